The first-order valence-corrected chi connectivity index (χ1v) is 11.0. The molecule has 1 fully saturated rings. The molecule has 4 rings (SSSR count). The van der Waals surface area contributed by atoms with Gasteiger partial charge >= 0.3 is 0 Å². The van der Waals surface area contributed by atoms with Crippen molar-refractivity contribution in [3.63, 3.8) is 0 Å². The molecule has 1 heterocycles. The van der Waals surface area contributed by atoms with E-state index < -0.39 is 10.0 Å². The number of fused-ring (bicyclic) bond motifs is 1. The standard InChI is InChI=1S/C21H25N3O3S/c1-27-17-8-5-9-18-19(17)20(24-28(18,25)26)23-14-21(12-10-16(22)11-13-21)15-6-3-2-4-7-15/h2-9,16H,10-14,22H2,1H3,(H,23,24). The third-order valence-corrected chi connectivity index (χ3v) is 7.26. The lowest BCUT2D eigenvalue weighted by atomic mass is 9.68. The van der Waals surface area contributed by atoms with Gasteiger partial charge in [0.1, 0.15) is 16.5 Å². The molecule has 28 heavy (non-hydrogen) atoms. The molecule has 6 nitrogen and oxygen atoms in total. The minimum Gasteiger partial charge on any atom is -0.496 e. The van der Waals surface area contributed by atoms with Crippen LogP contribution >= 0.6 is 0 Å². The molecule has 2 aromatic rings. The monoisotopic (exact) mass is 399 g/mol. The zero-order valence-electron chi connectivity index (χ0n) is 15.9. The largest absolute Gasteiger partial charge is 0.496 e. The summed E-state index contributed by atoms with van der Waals surface area (Å²) in [5, 5.41) is 0. The first-order valence-electron chi connectivity index (χ1n) is 9.51. The highest BCUT2D eigenvalue weighted by molar-refractivity contribution is 7.90. The van der Waals surface area contributed by atoms with Crippen LogP contribution in [0.25, 0.3) is 0 Å². The van der Waals surface area contributed by atoms with Gasteiger partial charge in [0.25, 0.3) is 10.0 Å². The molecule has 1 aliphatic carbocycles. The molecule has 0 atom stereocenters. The number of nitrogens with two attached hydrogens (primary N) is 1. The molecule has 0 unspecified atom stereocenters. The summed E-state index contributed by atoms with van der Waals surface area (Å²) in [6, 6.07) is 15.6. The van der Waals surface area contributed by atoms with Crippen LogP contribution in [0.4, 0.5) is 0 Å². The number of amidine groups is 1. The van der Waals surface area contributed by atoms with Crippen LogP contribution in [-0.2, 0) is 15.4 Å². The molecule has 2 aromatic carbocycles. The maximum atomic E-state index is 12.5. The van der Waals surface area contributed by atoms with Gasteiger partial charge in [-0.05, 0) is 43.4 Å². The lowest BCUT2D eigenvalue weighted by molar-refractivity contribution is 0.277. The summed E-state index contributed by atoms with van der Waals surface area (Å²) < 4.78 is 33.0. The molecule has 1 aliphatic heterocycles. The first kappa shape index (κ1) is 19.0. The molecule has 0 amide bonds. The smallest absolute Gasteiger partial charge is 0.263 e. The van der Waals surface area contributed by atoms with Crippen molar-refractivity contribution in [2.45, 2.75) is 42.0 Å². The fraction of sp³-hybridized carbons (Fsp3) is 0.381. The third-order valence-electron chi connectivity index (χ3n) is 5.88. The number of nitrogens with one attached hydrogen (secondary N) is 1. The van der Waals surface area contributed by atoms with E-state index in [9.17, 15) is 8.42 Å². The SMILES string of the molecule is COc1cccc2c1C(=NCC1(c3ccccc3)CCC(N)CC1)NS2(=O)=O. The van der Waals surface area contributed by atoms with Gasteiger partial charge in [-0.3, -0.25) is 9.71 Å². The van der Waals surface area contributed by atoms with Gasteiger partial charge in [0.2, 0.25) is 0 Å². The zero-order chi connectivity index (χ0) is 19.8. The first-order chi connectivity index (χ1) is 13.5. The van der Waals surface area contributed by atoms with Crippen molar-refractivity contribution < 1.29 is 13.2 Å². The Morgan fingerprint density at radius 3 is 2.54 bits per heavy atom. The summed E-state index contributed by atoms with van der Waals surface area (Å²) >= 11 is 0. The van der Waals surface area contributed by atoms with E-state index in [1.165, 1.54) is 12.7 Å². The summed E-state index contributed by atoms with van der Waals surface area (Å²) in [7, 11) is -2.08. The highest BCUT2D eigenvalue weighted by Crippen LogP contribution is 2.40. The topological polar surface area (TPSA) is 93.8 Å². The molecule has 0 bridgehead atoms. The Hall–Kier alpha value is -2.38. The van der Waals surface area contributed by atoms with Crippen LogP contribution in [0.15, 0.2) is 58.4 Å². The second-order valence-electron chi connectivity index (χ2n) is 7.59. The lowest BCUT2D eigenvalue weighted by Crippen LogP contribution is -2.39. The van der Waals surface area contributed by atoms with E-state index in [0.717, 1.165) is 25.7 Å². The van der Waals surface area contributed by atoms with Crippen molar-refractivity contribution in [2.24, 2.45) is 10.7 Å². The summed E-state index contributed by atoms with van der Waals surface area (Å²) in [5.41, 5.74) is 7.75. The molecular weight excluding hydrogens is 374 g/mol. The molecule has 0 saturated heterocycles. The van der Waals surface area contributed by atoms with Crippen LogP contribution in [0.1, 0.15) is 36.8 Å². The molecule has 2 aliphatic rings. The molecule has 0 radical (unpaired) electrons. The highest BCUT2D eigenvalue weighted by Gasteiger charge is 2.38. The van der Waals surface area contributed by atoms with E-state index in [1.54, 1.807) is 18.2 Å². The summed E-state index contributed by atoms with van der Waals surface area (Å²) in [4.78, 5) is 4.98. The minimum absolute atomic E-state index is 0.139. The molecule has 1 saturated carbocycles. The van der Waals surface area contributed by atoms with Crippen molar-refractivity contribution >= 4 is 15.9 Å². The number of aliphatic imine (C=N–C) groups is 1. The van der Waals surface area contributed by atoms with Crippen molar-refractivity contribution in [1.82, 2.24) is 4.72 Å². The van der Waals surface area contributed by atoms with Gasteiger partial charge in [0.05, 0.1) is 19.2 Å². The van der Waals surface area contributed by atoms with Gasteiger partial charge in [0, 0.05) is 11.5 Å². The Labute approximate surface area is 165 Å². The van der Waals surface area contributed by atoms with Gasteiger partial charge in [-0.2, -0.15) is 0 Å². The van der Waals surface area contributed by atoms with Crippen molar-refractivity contribution in [1.29, 1.82) is 0 Å². The van der Waals surface area contributed by atoms with Crippen LogP contribution in [0.2, 0.25) is 0 Å². The predicted octanol–water partition coefficient (Wildman–Crippen LogP) is 2.57. The fourth-order valence-corrected chi connectivity index (χ4v) is 5.49. The number of ether oxygens (including phenoxy) is 1. The Morgan fingerprint density at radius 2 is 1.86 bits per heavy atom. The van der Waals surface area contributed by atoms with E-state index in [1.807, 2.05) is 18.2 Å². The summed E-state index contributed by atoms with van der Waals surface area (Å²) in [6.07, 6.45) is 3.73. The summed E-state index contributed by atoms with van der Waals surface area (Å²) in [5.74, 6) is 0.863. The van der Waals surface area contributed by atoms with Crippen LogP contribution in [0, 0.1) is 0 Å². The fourth-order valence-electron chi connectivity index (χ4n) is 4.24. The van der Waals surface area contributed by atoms with Gasteiger partial charge < -0.3 is 10.5 Å². The quantitative estimate of drug-likeness (QED) is 0.826. The normalized spacial score (nSPS) is 27.2. The maximum absolute atomic E-state index is 12.5. The summed E-state index contributed by atoms with van der Waals surface area (Å²) in [6.45, 7) is 0.499. The van der Waals surface area contributed by atoms with Crippen LogP contribution < -0.4 is 15.2 Å². The van der Waals surface area contributed by atoms with E-state index >= 15 is 0 Å². The number of rotatable bonds is 4. The number of hydrogen-bond donors (Lipinski definition) is 2. The second-order valence-corrected chi connectivity index (χ2v) is 9.24. The van der Waals surface area contributed by atoms with E-state index in [0.29, 0.717) is 23.7 Å². The van der Waals surface area contributed by atoms with Crippen LogP contribution in [0.5, 0.6) is 5.75 Å². The highest BCUT2D eigenvalue weighted by atomic mass is 32.2. The van der Waals surface area contributed by atoms with Crippen molar-refractivity contribution in [3.05, 3.63) is 59.7 Å². The van der Waals surface area contributed by atoms with Crippen molar-refractivity contribution in [3.8, 4) is 5.75 Å². The number of nitrogens with zero attached hydrogens (tertiary/aromatic N) is 1. The van der Waals surface area contributed by atoms with Crippen LogP contribution in [-0.4, -0.2) is 33.9 Å². The Bertz CT molecular complexity index is 995. The number of hydrogen-bond acceptors (Lipinski definition) is 5. The van der Waals surface area contributed by atoms with Gasteiger partial charge in [-0.15, -0.1) is 0 Å². The van der Waals surface area contributed by atoms with Gasteiger partial charge in [-0.1, -0.05) is 36.4 Å². The second kappa shape index (κ2) is 7.22. The molecule has 0 spiro atoms. The predicted molar refractivity (Wildman–Crippen MR) is 109 cm³/mol. The molecular formula is C21H25N3O3S. The van der Waals surface area contributed by atoms with E-state index in [-0.39, 0.29) is 16.4 Å². The van der Waals surface area contributed by atoms with Crippen molar-refractivity contribution in [2.75, 3.05) is 13.7 Å². The van der Waals surface area contributed by atoms with Crippen LogP contribution in [0.3, 0.4) is 0 Å². The van der Waals surface area contributed by atoms with E-state index in [2.05, 4.69) is 16.9 Å². The molecule has 3 N–H and O–H groups in total. The number of benzene rings is 2. The molecule has 148 valence electrons. The Morgan fingerprint density at radius 1 is 1.14 bits per heavy atom. The molecule has 7 heteroatoms. The minimum atomic E-state index is -3.61. The Balaban J connectivity index is 1.73. The van der Waals surface area contributed by atoms with Gasteiger partial charge in [-0.25, -0.2) is 8.42 Å². The average Bonchev–Trinajstić information content (AvgIpc) is 2.99. The average molecular weight is 400 g/mol. The third kappa shape index (κ3) is 3.29. The lowest BCUT2D eigenvalue weighted by Gasteiger charge is -2.39. The number of methoxy groups -OCH3 is 1. The molecule has 0 aromatic heterocycles. The maximum Gasteiger partial charge on any atom is 0.263 e. The van der Waals surface area contributed by atoms with E-state index in [4.69, 9.17) is 15.5 Å². The zero-order valence-corrected chi connectivity index (χ0v) is 16.7. The van der Waals surface area contributed by atoms with Gasteiger partial charge in [0.15, 0.2) is 0 Å². The Kier molecular flexibility index (Phi) is 4.89. The number of sulfonamides is 1.